The average Bonchev–Trinajstić information content (AvgIpc) is 3.45. The first kappa shape index (κ1) is 19.3. The van der Waals surface area contributed by atoms with E-state index in [1.54, 1.807) is 0 Å². The molecule has 0 aliphatic heterocycles. The molecule has 0 unspecified atom stereocenters. The van der Waals surface area contributed by atoms with Crippen molar-refractivity contribution in [3.05, 3.63) is 78.1 Å². The molecular weight excluding hydrogens is 392 g/mol. The van der Waals surface area contributed by atoms with E-state index in [9.17, 15) is 13.2 Å². The highest BCUT2D eigenvalue weighted by Crippen LogP contribution is 2.32. The van der Waals surface area contributed by atoms with Gasteiger partial charge in [-0.05, 0) is 24.0 Å². The molecule has 1 fully saturated rings. The van der Waals surface area contributed by atoms with E-state index in [4.69, 9.17) is 4.74 Å². The van der Waals surface area contributed by atoms with Crippen molar-refractivity contribution in [3.8, 4) is 0 Å². The summed E-state index contributed by atoms with van der Waals surface area (Å²) in [6, 6.07) is 18.5. The third-order valence-corrected chi connectivity index (χ3v) is 6.23. The molecule has 1 saturated carbocycles. The number of hydrogen-bond acceptors (Lipinski definition) is 6. The number of rotatable bonds is 7. The molecule has 29 heavy (non-hydrogen) atoms. The molecule has 2 aromatic carbocycles. The van der Waals surface area contributed by atoms with Gasteiger partial charge in [0, 0.05) is 12.6 Å². The Kier molecular flexibility index (Phi) is 5.41. The van der Waals surface area contributed by atoms with Gasteiger partial charge in [-0.1, -0.05) is 60.7 Å². The second-order valence-electron chi connectivity index (χ2n) is 6.78. The van der Waals surface area contributed by atoms with Crippen molar-refractivity contribution < 1.29 is 17.9 Å². The van der Waals surface area contributed by atoms with E-state index < -0.39 is 21.3 Å². The van der Waals surface area contributed by atoms with Crippen molar-refractivity contribution in [1.82, 2.24) is 19.1 Å². The number of aromatic nitrogens is 3. The Bertz CT molecular complexity index is 1080. The summed E-state index contributed by atoms with van der Waals surface area (Å²) < 4.78 is 33.5. The molecule has 0 radical (unpaired) electrons. The van der Waals surface area contributed by atoms with Gasteiger partial charge in [0.15, 0.2) is 0 Å². The van der Waals surface area contributed by atoms with Crippen molar-refractivity contribution in [1.29, 1.82) is 0 Å². The Morgan fingerprint density at radius 3 is 2.28 bits per heavy atom. The summed E-state index contributed by atoms with van der Waals surface area (Å²) in [5, 5.41) is 3.46. The van der Waals surface area contributed by atoms with Crippen LogP contribution in [0.5, 0.6) is 0 Å². The maximum absolute atomic E-state index is 13.1. The second kappa shape index (κ2) is 8.14. The minimum Gasteiger partial charge on any atom is -0.443 e. The molecular formula is C20H20N4O4S. The minimum atomic E-state index is -3.93. The molecule has 0 atom stereocenters. The number of carbonyl (C=O) groups is 1. The van der Waals surface area contributed by atoms with Gasteiger partial charge in [0.2, 0.25) is 0 Å². The van der Waals surface area contributed by atoms with Crippen LogP contribution in [0.2, 0.25) is 0 Å². The molecule has 0 saturated heterocycles. The van der Waals surface area contributed by atoms with Crippen molar-refractivity contribution in [2.45, 2.75) is 37.2 Å². The molecule has 4 rings (SSSR count). The Hall–Kier alpha value is -3.04. The van der Waals surface area contributed by atoms with Crippen LogP contribution in [-0.2, 0) is 27.9 Å². The van der Waals surface area contributed by atoms with Crippen molar-refractivity contribution in [2.75, 3.05) is 0 Å². The maximum Gasteiger partial charge on any atom is 0.436 e. The molecule has 0 spiro atoms. The normalized spacial score (nSPS) is 14.1. The van der Waals surface area contributed by atoms with Gasteiger partial charge in [0.25, 0.3) is 15.2 Å². The molecule has 0 amide bonds. The van der Waals surface area contributed by atoms with Crippen molar-refractivity contribution >= 4 is 16.1 Å². The van der Waals surface area contributed by atoms with Crippen LogP contribution in [0.25, 0.3) is 0 Å². The number of nitrogens with zero attached hydrogens (tertiary/aromatic N) is 4. The highest BCUT2D eigenvalue weighted by atomic mass is 32.2. The van der Waals surface area contributed by atoms with Crippen LogP contribution < -0.4 is 0 Å². The fraction of sp³-hybridized carbons (Fsp3) is 0.250. The molecule has 0 N–H and O–H groups in total. The summed E-state index contributed by atoms with van der Waals surface area (Å²) in [6.07, 6.45) is 1.87. The van der Waals surface area contributed by atoms with E-state index >= 15 is 0 Å². The lowest BCUT2D eigenvalue weighted by Gasteiger charge is -2.20. The predicted molar refractivity (Wildman–Crippen MR) is 104 cm³/mol. The fourth-order valence-corrected chi connectivity index (χ4v) is 4.38. The van der Waals surface area contributed by atoms with Gasteiger partial charge in [-0.2, -0.15) is 8.99 Å². The van der Waals surface area contributed by atoms with Crippen molar-refractivity contribution in [3.63, 3.8) is 0 Å². The Morgan fingerprint density at radius 1 is 1.03 bits per heavy atom. The summed E-state index contributed by atoms with van der Waals surface area (Å²) in [7, 11) is -3.93. The highest BCUT2D eigenvalue weighted by Gasteiger charge is 2.40. The molecule has 1 aliphatic rings. The number of ether oxygens (including phenoxy) is 1. The molecule has 9 heteroatoms. The highest BCUT2D eigenvalue weighted by molar-refractivity contribution is 7.89. The van der Waals surface area contributed by atoms with Crippen LogP contribution in [0.1, 0.15) is 24.0 Å². The standard InChI is InChI=1S/C20H20N4O4S/c25-20(28-14-17-9-5-2-6-10-17)23-15-21-19(22-23)29(26,27)24(18-11-12-18)13-16-7-3-1-4-8-16/h1-10,15,18H,11-14H2. The zero-order chi connectivity index (χ0) is 20.3. The Balaban J connectivity index is 1.48. The monoisotopic (exact) mass is 412 g/mol. The van der Waals surface area contributed by atoms with Crippen LogP contribution in [0.15, 0.2) is 72.1 Å². The molecule has 8 nitrogen and oxygen atoms in total. The molecule has 1 aromatic heterocycles. The van der Waals surface area contributed by atoms with Crippen LogP contribution in [-0.4, -0.2) is 39.6 Å². The van der Waals surface area contributed by atoms with Gasteiger partial charge < -0.3 is 4.74 Å². The van der Waals surface area contributed by atoms with Gasteiger partial charge in [0.1, 0.15) is 12.9 Å². The van der Waals surface area contributed by atoms with E-state index in [0.717, 1.165) is 35.0 Å². The van der Waals surface area contributed by atoms with Crippen molar-refractivity contribution in [2.24, 2.45) is 0 Å². The van der Waals surface area contributed by atoms with Crippen LogP contribution in [0, 0.1) is 0 Å². The van der Waals surface area contributed by atoms with E-state index in [1.807, 2.05) is 60.7 Å². The quantitative estimate of drug-likeness (QED) is 0.592. The molecule has 150 valence electrons. The van der Waals surface area contributed by atoms with E-state index in [1.165, 1.54) is 4.31 Å². The SMILES string of the molecule is O=C(OCc1ccccc1)n1cnc(S(=O)(=O)N(Cc2ccccc2)C2CC2)n1. The van der Waals surface area contributed by atoms with Crippen LogP contribution in [0.4, 0.5) is 4.79 Å². The third kappa shape index (κ3) is 4.52. The fourth-order valence-electron chi connectivity index (χ4n) is 2.88. The van der Waals surface area contributed by atoms with Crippen LogP contribution >= 0.6 is 0 Å². The first-order valence-corrected chi connectivity index (χ1v) is 10.7. The molecule has 1 heterocycles. The van der Waals surface area contributed by atoms with E-state index in [-0.39, 0.29) is 19.2 Å². The maximum atomic E-state index is 13.1. The lowest BCUT2D eigenvalue weighted by atomic mass is 10.2. The summed E-state index contributed by atoms with van der Waals surface area (Å²) in [4.78, 5) is 16.1. The third-order valence-electron chi connectivity index (χ3n) is 4.54. The number of benzene rings is 2. The Labute approximate surface area is 168 Å². The van der Waals surface area contributed by atoms with Gasteiger partial charge in [-0.25, -0.2) is 18.2 Å². The number of sulfonamides is 1. The number of hydrogen-bond donors (Lipinski definition) is 0. The van der Waals surface area contributed by atoms with Gasteiger partial charge in [0.05, 0.1) is 0 Å². The van der Waals surface area contributed by atoms with Gasteiger partial charge in [-0.15, -0.1) is 5.10 Å². The average molecular weight is 412 g/mol. The van der Waals surface area contributed by atoms with Gasteiger partial charge in [-0.3, -0.25) is 0 Å². The largest absolute Gasteiger partial charge is 0.443 e. The Morgan fingerprint density at radius 2 is 1.66 bits per heavy atom. The second-order valence-corrected chi connectivity index (χ2v) is 8.56. The van der Waals surface area contributed by atoms with Gasteiger partial charge >= 0.3 is 6.09 Å². The molecule has 0 bridgehead atoms. The number of carbonyl (C=O) groups excluding carboxylic acids is 1. The molecule has 1 aliphatic carbocycles. The topological polar surface area (TPSA) is 94.4 Å². The smallest absolute Gasteiger partial charge is 0.436 e. The summed E-state index contributed by atoms with van der Waals surface area (Å²) in [5.74, 6) is 0. The zero-order valence-electron chi connectivity index (χ0n) is 15.6. The molecule has 3 aromatic rings. The summed E-state index contributed by atoms with van der Waals surface area (Å²) in [6.45, 7) is 0.296. The first-order valence-electron chi connectivity index (χ1n) is 9.22. The summed E-state index contributed by atoms with van der Waals surface area (Å²) in [5.41, 5.74) is 1.70. The minimum absolute atomic E-state index is 0.0593. The van der Waals surface area contributed by atoms with E-state index in [2.05, 4.69) is 10.1 Å². The zero-order valence-corrected chi connectivity index (χ0v) is 16.4. The first-order chi connectivity index (χ1) is 14.0. The van der Waals surface area contributed by atoms with E-state index in [0.29, 0.717) is 0 Å². The summed E-state index contributed by atoms with van der Waals surface area (Å²) >= 11 is 0. The van der Waals surface area contributed by atoms with Crippen LogP contribution in [0.3, 0.4) is 0 Å². The lowest BCUT2D eigenvalue weighted by Crippen LogP contribution is -2.33. The lowest BCUT2D eigenvalue weighted by molar-refractivity contribution is 0.137. The predicted octanol–water partition coefficient (Wildman–Crippen LogP) is 2.82.